The molecule has 32 heavy (non-hydrogen) atoms. The molecular weight excluding hydrogens is 396 g/mol. The molecule has 1 aliphatic carbocycles. The summed E-state index contributed by atoms with van der Waals surface area (Å²) in [6, 6.07) is 16.6. The molecule has 0 saturated heterocycles. The van der Waals surface area contributed by atoms with Crippen LogP contribution in [0.3, 0.4) is 0 Å². The fraction of sp³-hybridized carbons (Fsp3) is 0.357. The highest BCUT2D eigenvalue weighted by atomic mass is 16.3. The zero-order valence-electron chi connectivity index (χ0n) is 19.2. The quantitative estimate of drug-likeness (QED) is 0.346. The van der Waals surface area contributed by atoms with E-state index in [0.29, 0.717) is 31.4 Å². The van der Waals surface area contributed by atoms with Gasteiger partial charge in [-0.15, -0.1) is 0 Å². The minimum Gasteiger partial charge on any atom is -0.511 e. The van der Waals surface area contributed by atoms with Crippen LogP contribution in [0.5, 0.6) is 0 Å². The molecule has 3 aromatic rings. The Morgan fingerprint density at radius 1 is 1.12 bits per heavy atom. The number of aliphatic hydroxyl groups is 1. The molecule has 0 aliphatic heterocycles. The van der Waals surface area contributed by atoms with Crippen molar-refractivity contribution in [1.29, 1.82) is 0 Å². The lowest BCUT2D eigenvalue weighted by Gasteiger charge is -2.26. The number of ketones is 1. The molecule has 0 bridgehead atoms. The van der Waals surface area contributed by atoms with E-state index in [-0.39, 0.29) is 17.5 Å². The van der Waals surface area contributed by atoms with Crippen LogP contribution in [-0.2, 0) is 11.2 Å². The predicted molar refractivity (Wildman–Crippen MR) is 132 cm³/mol. The third-order valence-electron chi connectivity index (χ3n) is 6.42. The summed E-state index contributed by atoms with van der Waals surface area (Å²) in [5, 5.41) is 11.9. The first-order valence-electron chi connectivity index (χ1n) is 11.6. The Labute approximate surface area is 190 Å². The largest absolute Gasteiger partial charge is 0.511 e. The van der Waals surface area contributed by atoms with Crippen molar-refractivity contribution in [3.63, 3.8) is 0 Å². The van der Waals surface area contributed by atoms with E-state index < -0.39 is 0 Å². The van der Waals surface area contributed by atoms with E-state index >= 15 is 0 Å². The average molecular weight is 429 g/mol. The van der Waals surface area contributed by atoms with Crippen molar-refractivity contribution in [3.05, 3.63) is 82.2 Å². The summed E-state index contributed by atoms with van der Waals surface area (Å²) in [7, 11) is 0. The number of rotatable bonds is 6. The first kappa shape index (κ1) is 22.1. The number of nitrogens with one attached hydrogen (secondary N) is 1. The maximum absolute atomic E-state index is 13.1. The van der Waals surface area contributed by atoms with Gasteiger partial charge in [0.05, 0.1) is 5.57 Å². The van der Waals surface area contributed by atoms with Gasteiger partial charge in [0.15, 0.2) is 5.78 Å². The Balaban J connectivity index is 1.63. The summed E-state index contributed by atoms with van der Waals surface area (Å²) in [4.78, 5) is 21.4. The standard InChI is InChI=1S/C28H32N2O2/c1-4-8-26(31)28-25(16-21(17-27(28)32)20-9-6-5-7-10-20)29-14-13-22-19(3)30-24-12-11-18(2)15-23(22)24/h5-7,9-12,15,21,30-31H,4,8,13-14,16-17H2,1-3H3/b28-26+,29-25?. The SMILES string of the molecule is CCC/C(O)=C1\C(=O)CC(c2ccccc2)CC1=NCCc1c(C)[nH]c2ccc(C)cc12. The van der Waals surface area contributed by atoms with Crippen molar-refractivity contribution >= 4 is 22.4 Å². The first-order valence-corrected chi connectivity index (χ1v) is 11.6. The molecule has 2 aromatic carbocycles. The number of carbonyl (C=O) groups excluding carboxylic acids is 1. The second kappa shape index (κ2) is 9.56. The lowest BCUT2D eigenvalue weighted by molar-refractivity contribution is -0.116. The smallest absolute Gasteiger partial charge is 0.168 e. The summed E-state index contributed by atoms with van der Waals surface area (Å²) >= 11 is 0. The Hall–Kier alpha value is -3.14. The zero-order chi connectivity index (χ0) is 22.7. The minimum atomic E-state index is 0.00806. The number of aromatic amines is 1. The number of allylic oxidation sites excluding steroid dienone is 2. The number of hydrogen-bond donors (Lipinski definition) is 2. The molecule has 1 fully saturated rings. The van der Waals surface area contributed by atoms with Gasteiger partial charge in [-0.05, 0) is 62.3 Å². The van der Waals surface area contributed by atoms with Gasteiger partial charge in [-0.2, -0.15) is 0 Å². The van der Waals surface area contributed by atoms with Crippen LogP contribution in [0.25, 0.3) is 10.9 Å². The van der Waals surface area contributed by atoms with E-state index in [4.69, 9.17) is 4.99 Å². The molecule has 0 spiro atoms. The van der Waals surface area contributed by atoms with Crippen molar-refractivity contribution in [2.45, 2.75) is 58.8 Å². The molecule has 1 unspecified atom stereocenters. The van der Waals surface area contributed by atoms with E-state index in [9.17, 15) is 9.90 Å². The van der Waals surface area contributed by atoms with E-state index in [1.165, 1.54) is 16.5 Å². The Bertz CT molecular complexity index is 1180. The average Bonchev–Trinajstić information content (AvgIpc) is 3.08. The molecular formula is C28H32N2O2. The van der Waals surface area contributed by atoms with E-state index in [0.717, 1.165) is 35.3 Å². The number of nitrogens with zero attached hydrogens (tertiary/aromatic N) is 1. The van der Waals surface area contributed by atoms with Crippen LogP contribution in [0.4, 0.5) is 0 Å². The molecule has 4 rings (SSSR count). The predicted octanol–water partition coefficient (Wildman–Crippen LogP) is 6.53. The third kappa shape index (κ3) is 4.55. The Morgan fingerprint density at radius 3 is 2.66 bits per heavy atom. The fourth-order valence-electron chi connectivity index (χ4n) is 4.81. The summed E-state index contributed by atoms with van der Waals surface area (Å²) in [6.45, 7) is 6.81. The number of Topliss-reactive ketones (excluding diaryl/α,β-unsaturated/α-hetero) is 1. The van der Waals surface area contributed by atoms with Crippen molar-refractivity contribution < 1.29 is 9.90 Å². The molecule has 166 valence electrons. The third-order valence-corrected chi connectivity index (χ3v) is 6.42. The highest BCUT2D eigenvalue weighted by molar-refractivity contribution is 6.24. The zero-order valence-corrected chi connectivity index (χ0v) is 19.2. The summed E-state index contributed by atoms with van der Waals surface area (Å²) in [6.07, 6.45) is 3.21. The maximum Gasteiger partial charge on any atom is 0.168 e. The summed E-state index contributed by atoms with van der Waals surface area (Å²) < 4.78 is 0. The normalized spacial score (nSPS) is 19.7. The molecule has 4 nitrogen and oxygen atoms in total. The Morgan fingerprint density at radius 2 is 1.91 bits per heavy atom. The second-order valence-corrected chi connectivity index (χ2v) is 8.87. The highest BCUT2D eigenvalue weighted by Gasteiger charge is 2.32. The maximum atomic E-state index is 13.1. The van der Waals surface area contributed by atoms with Gasteiger partial charge in [0.1, 0.15) is 5.76 Å². The number of aliphatic imine (C=N–C) groups is 1. The van der Waals surface area contributed by atoms with Crippen LogP contribution in [0.2, 0.25) is 0 Å². The Kier molecular flexibility index (Phi) is 6.59. The highest BCUT2D eigenvalue weighted by Crippen LogP contribution is 2.34. The topological polar surface area (TPSA) is 65.4 Å². The van der Waals surface area contributed by atoms with Crippen LogP contribution in [0.15, 0.2) is 64.9 Å². The van der Waals surface area contributed by atoms with E-state index in [2.05, 4.69) is 49.2 Å². The molecule has 2 N–H and O–H groups in total. The molecule has 1 aromatic heterocycles. The van der Waals surface area contributed by atoms with Crippen LogP contribution in [0.1, 0.15) is 60.9 Å². The summed E-state index contributed by atoms with van der Waals surface area (Å²) in [5.41, 5.74) is 7.21. The molecule has 0 radical (unpaired) electrons. The van der Waals surface area contributed by atoms with Crippen molar-refractivity contribution in [1.82, 2.24) is 4.98 Å². The monoisotopic (exact) mass is 428 g/mol. The first-order chi connectivity index (χ1) is 15.5. The lowest BCUT2D eigenvalue weighted by atomic mass is 9.78. The van der Waals surface area contributed by atoms with Gasteiger partial charge < -0.3 is 10.1 Å². The second-order valence-electron chi connectivity index (χ2n) is 8.87. The number of aliphatic hydroxyl groups excluding tert-OH is 1. The van der Waals surface area contributed by atoms with Crippen LogP contribution in [0, 0.1) is 13.8 Å². The van der Waals surface area contributed by atoms with Crippen molar-refractivity contribution in [3.8, 4) is 0 Å². The molecule has 4 heteroatoms. The molecule has 1 saturated carbocycles. The van der Waals surface area contributed by atoms with Gasteiger partial charge in [0.2, 0.25) is 0 Å². The fourth-order valence-corrected chi connectivity index (χ4v) is 4.81. The van der Waals surface area contributed by atoms with Gasteiger partial charge in [-0.25, -0.2) is 0 Å². The minimum absolute atomic E-state index is 0.00806. The number of fused-ring (bicyclic) bond motifs is 1. The van der Waals surface area contributed by atoms with Crippen LogP contribution in [-0.4, -0.2) is 28.1 Å². The number of hydrogen-bond acceptors (Lipinski definition) is 3. The number of aromatic nitrogens is 1. The molecule has 1 atom stereocenters. The van der Waals surface area contributed by atoms with E-state index in [1.807, 2.05) is 25.1 Å². The number of carbonyl (C=O) groups is 1. The number of aryl methyl sites for hydroxylation is 2. The molecule has 1 aliphatic rings. The van der Waals surface area contributed by atoms with Gasteiger partial charge in [-0.1, -0.05) is 48.9 Å². The van der Waals surface area contributed by atoms with Gasteiger partial charge in [0, 0.05) is 41.7 Å². The van der Waals surface area contributed by atoms with Crippen LogP contribution < -0.4 is 0 Å². The number of benzene rings is 2. The van der Waals surface area contributed by atoms with Crippen molar-refractivity contribution in [2.75, 3.05) is 6.54 Å². The number of H-pyrrole nitrogens is 1. The van der Waals surface area contributed by atoms with E-state index in [1.54, 1.807) is 0 Å². The van der Waals surface area contributed by atoms with Crippen molar-refractivity contribution in [2.24, 2.45) is 4.99 Å². The molecule has 0 amide bonds. The lowest BCUT2D eigenvalue weighted by Crippen LogP contribution is -2.27. The molecule has 1 heterocycles. The van der Waals surface area contributed by atoms with Gasteiger partial charge >= 0.3 is 0 Å². The summed E-state index contributed by atoms with van der Waals surface area (Å²) in [5.74, 6) is 0.313. The van der Waals surface area contributed by atoms with Gasteiger partial charge in [0.25, 0.3) is 0 Å². The van der Waals surface area contributed by atoms with Gasteiger partial charge in [-0.3, -0.25) is 9.79 Å². The van der Waals surface area contributed by atoms with Crippen LogP contribution >= 0.6 is 0 Å².